The molecule has 1 aliphatic heterocycles. The summed E-state index contributed by atoms with van der Waals surface area (Å²) in [5.74, 6) is 0.300. The highest BCUT2D eigenvalue weighted by atomic mass is 32.1. The van der Waals surface area contributed by atoms with Crippen molar-refractivity contribution in [3.63, 3.8) is 0 Å². The van der Waals surface area contributed by atoms with Gasteiger partial charge in [0, 0.05) is 13.1 Å². The first-order chi connectivity index (χ1) is 8.33. The van der Waals surface area contributed by atoms with Gasteiger partial charge in [-0.25, -0.2) is 0 Å². The maximum absolute atomic E-state index is 5.57. The Kier molecular flexibility index (Phi) is 7.54. The van der Waals surface area contributed by atoms with E-state index in [1.54, 1.807) is 0 Å². The molecule has 0 saturated carbocycles. The third-order valence-electron chi connectivity index (χ3n) is 2.88. The van der Waals surface area contributed by atoms with Gasteiger partial charge in [0.15, 0.2) is 0 Å². The maximum Gasteiger partial charge on any atom is 0.214 e. The molecule has 6 heteroatoms. The smallest absolute Gasteiger partial charge is 0.214 e. The second kappa shape index (κ2) is 9.10. The Hall–Kier alpha value is -0.970. The Morgan fingerprint density at radius 2 is 1.88 bits per heavy atom. The monoisotopic (exact) mass is 255 g/mol. The van der Waals surface area contributed by atoms with Crippen molar-refractivity contribution in [1.82, 2.24) is 10.2 Å². The molecule has 1 rings (SSSR count). The number of guanidine groups is 1. The lowest BCUT2D eigenvalue weighted by molar-refractivity contribution is 0.251. The van der Waals surface area contributed by atoms with Crippen molar-refractivity contribution in [3.8, 4) is 0 Å². The first-order valence-corrected chi connectivity index (χ1v) is 6.60. The minimum atomic E-state index is 0.300. The van der Waals surface area contributed by atoms with Gasteiger partial charge in [-0.1, -0.05) is 24.4 Å². The van der Waals surface area contributed by atoms with Crippen LogP contribution in [-0.4, -0.2) is 42.2 Å². The minimum Gasteiger partial charge on any atom is -0.368 e. The molecule has 0 bridgehead atoms. The molecule has 1 aliphatic rings. The lowest BCUT2D eigenvalue weighted by Crippen LogP contribution is -2.39. The van der Waals surface area contributed by atoms with Gasteiger partial charge in [-0.15, -0.1) is 5.10 Å². The Morgan fingerprint density at radius 3 is 2.53 bits per heavy atom. The van der Waals surface area contributed by atoms with Gasteiger partial charge in [0.25, 0.3) is 0 Å². The molecule has 0 aromatic carbocycles. The lowest BCUT2D eigenvalue weighted by atomic mass is 10.1. The molecule has 0 aromatic heterocycles. The van der Waals surface area contributed by atoms with E-state index in [0.717, 1.165) is 13.1 Å². The van der Waals surface area contributed by atoms with Crippen molar-refractivity contribution in [2.24, 2.45) is 15.9 Å². The first-order valence-electron chi connectivity index (χ1n) is 6.19. The van der Waals surface area contributed by atoms with Crippen molar-refractivity contribution in [3.05, 3.63) is 0 Å². The fourth-order valence-electron chi connectivity index (χ4n) is 1.99. The highest BCUT2D eigenvalue weighted by Gasteiger charge is 2.07. The van der Waals surface area contributed by atoms with Crippen LogP contribution in [0, 0.1) is 0 Å². The van der Waals surface area contributed by atoms with Crippen LogP contribution in [-0.2, 0) is 0 Å². The molecule has 0 spiro atoms. The van der Waals surface area contributed by atoms with Gasteiger partial charge in [0.1, 0.15) is 0 Å². The Morgan fingerprint density at radius 1 is 1.24 bits per heavy atom. The molecule has 1 fully saturated rings. The van der Waals surface area contributed by atoms with Gasteiger partial charge in [-0.3, -0.25) is 0 Å². The normalized spacial score (nSPS) is 18.9. The SMILES string of the molecule is N/C(=N\N=C=S)NCCN1CCCCCCC1. The van der Waals surface area contributed by atoms with Crippen LogP contribution in [0.25, 0.3) is 0 Å². The second-order valence-electron chi connectivity index (χ2n) is 4.21. The number of hydrogen-bond donors (Lipinski definition) is 2. The number of hydrogen-bond acceptors (Lipinski definition) is 4. The minimum absolute atomic E-state index is 0.300. The largest absolute Gasteiger partial charge is 0.368 e. The molecule has 0 atom stereocenters. The Balaban J connectivity index is 2.17. The Labute approximate surface area is 108 Å². The summed E-state index contributed by atoms with van der Waals surface area (Å²) in [5, 5.41) is 12.2. The van der Waals surface area contributed by atoms with Gasteiger partial charge < -0.3 is 16.0 Å². The molecule has 1 saturated heterocycles. The number of thiocarbonyl (C=S) groups is 1. The molecule has 1 heterocycles. The summed E-state index contributed by atoms with van der Waals surface area (Å²) in [6.45, 7) is 4.17. The quantitative estimate of drug-likeness (QED) is 0.342. The molecule has 5 nitrogen and oxygen atoms in total. The highest BCUT2D eigenvalue weighted by molar-refractivity contribution is 7.78. The van der Waals surface area contributed by atoms with Crippen molar-refractivity contribution >= 4 is 23.3 Å². The van der Waals surface area contributed by atoms with Crippen LogP contribution in [0.2, 0.25) is 0 Å². The third kappa shape index (κ3) is 7.05. The molecule has 0 aliphatic carbocycles. The van der Waals surface area contributed by atoms with E-state index in [0.29, 0.717) is 5.96 Å². The molecule has 0 aromatic rings. The van der Waals surface area contributed by atoms with E-state index in [-0.39, 0.29) is 0 Å². The van der Waals surface area contributed by atoms with Gasteiger partial charge in [0.05, 0.1) is 5.16 Å². The molecule has 0 unspecified atom stereocenters. The average Bonchev–Trinajstić information content (AvgIpc) is 2.29. The zero-order valence-corrected chi connectivity index (χ0v) is 11.0. The number of nitrogens with two attached hydrogens (primary N) is 1. The van der Waals surface area contributed by atoms with Crippen LogP contribution in [0.5, 0.6) is 0 Å². The summed E-state index contributed by atoms with van der Waals surface area (Å²) in [6, 6.07) is 0. The molecular weight excluding hydrogens is 234 g/mol. The molecule has 96 valence electrons. The van der Waals surface area contributed by atoms with Crippen molar-refractivity contribution in [1.29, 1.82) is 0 Å². The average molecular weight is 255 g/mol. The van der Waals surface area contributed by atoms with Gasteiger partial charge in [-0.05, 0) is 38.1 Å². The fraction of sp³-hybridized carbons (Fsp3) is 0.818. The van der Waals surface area contributed by atoms with Crippen molar-refractivity contribution in [2.45, 2.75) is 32.1 Å². The fourth-order valence-corrected chi connectivity index (χ4v) is 2.03. The van der Waals surface area contributed by atoms with Crippen LogP contribution in [0.1, 0.15) is 32.1 Å². The summed E-state index contributed by atoms with van der Waals surface area (Å²) in [4.78, 5) is 2.47. The molecule has 17 heavy (non-hydrogen) atoms. The van der Waals surface area contributed by atoms with E-state index in [4.69, 9.17) is 5.73 Å². The number of rotatable bonds is 4. The van der Waals surface area contributed by atoms with Crippen LogP contribution in [0.15, 0.2) is 10.2 Å². The number of nitrogens with one attached hydrogen (secondary N) is 1. The summed E-state index contributed by atoms with van der Waals surface area (Å²) in [5.41, 5.74) is 5.57. The molecule has 0 amide bonds. The van der Waals surface area contributed by atoms with Crippen LogP contribution < -0.4 is 11.1 Å². The summed E-state index contributed by atoms with van der Waals surface area (Å²) in [7, 11) is 0. The predicted octanol–water partition coefficient (Wildman–Crippen LogP) is 1.17. The first kappa shape index (κ1) is 14.1. The molecule has 0 radical (unpaired) electrons. The van der Waals surface area contributed by atoms with Crippen LogP contribution in [0.3, 0.4) is 0 Å². The predicted molar refractivity (Wildman–Crippen MR) is 74.2 cm³/mol. The van der Waals surface area contributed by atoms with E-state index >= 15 is 0 Å². The zero-order chi connectivity index (χ0) is 12.3. The van der Waals surface area contributed by atoms with Gasteiger partial charge >= 0.3 is 0 Å². The van der Waals surface area contributed by atoms with E-state index < -0.39 is 0 Å². The standard InChI is InChI=1S/C11H21N5S/c12-11(15-14-10-17)13-6-9-16-7-4-2-1-3-5-8-16/h1-9H2,(H3,12,13,15). The molecular formula is C11H21N5S. The molecule has 3 N–H and O–H groups in total. The van der Waals surface area contributed by atoms with Crippen LogP contribution in [0.4, 0.5) is 0 Å². The summed E-state index contributed by atoms with van der Waals surface area (Å²) < 4.78 is 0. The van der Waals surface area contributed by atoms with E-state index in [1.807, 2.05) is 0 Å². The van der Waals surface area contributed by atoms with E-state index in [9.17, 15) is 0 Å². The van der Waals surface area contributed by atoms with Crippen LogP contribution >= 0.6 is 12.2 Å². The summed E-state index contributed by atoms with van der Waals surface area (Å²) >= 11 is 4.40. The van der Waals surface area contributed by atoms with Gasteiger partial charge in [-0.2, -0.15) is 0 Å². The lowest BCUT2D eigenvalue weighted by Gasteiger charge is -2.24. The number of isothiocyanates is 1. The van der Waals surface area contributed by atoms with Gasteiger partial charge in [0.2, 0.25) is 5.96 Å². The number of nitrogens with zero attached hydrogens (tertiary/aromatic N) is 3. The Bertz CT molecular complexity index is 278. The maximum atomic E-state index is 5.57. The topological polar surface area (TPSA) is 66.0 Å². The highest BCUT2D eigenvalue weighted by Crippen LogP contribution is 2.09. The zero-order valence-electron chi connectivity index (χ0n) is 10.2. The van der Waals surface area contributed by atoms with Crippen molar-refractivity contribution in [2.75, 3.05) is 26.2 Å². The second-order valence-corrected chi connectivity index (χ2v) is 4.40. The van der Waals surface area contributed by atoms with Crippen molar-refractivity contribution < 1.29 is 0 Å². The third-order valence-corrected chi connectivity index (χ3v) is 2.96. The number of likely N-dealkylation sites (tertiary alicyclic amines) is 1. The summed E-state index contributed by atoms with van der Waals surface area (Å²) in [6.07, 6.45) is 6.71. The van der Waals surface area contributed by atoms with E-state index in [1.165, 1.54) is 45.2 Å². The van der Waals surface area contributed by atoms with E-state index in [2.05, 4.69) is 37.8 Å².